The summed E-state index contributed by atoms with van der Waals surface area (Å²) in [5.41, 5.74) is 6.52. The van der Waals surface area contributed by atoms with Gasteiger partial charge in [-0.05, 0) is 12.1 Å². The summed E-state index contributed by atoms with van der Waals surface area (Å²) in [4.78, 5) is 12.5. The number of nitrogens with two attached hydrogens (primary N) is 1. The molecule has 0 amide bonds. The lowest BCUT2D eigenvalue weighted by Crippen LogP contribution is -2.33. The standard InChI is InChI=1S/C16H17N5O5/c17-13-10-14(20-16(19-13)25-8-4-2-1-3-5-8)21(7-18-10)15-12(24)11(23)9(6-22)26-15/h1-5,7,9,11-12,15,22-24H,6H2,(H2,17,19,20)/t9-,11?,12?,15-/m1/s1. The first-order chi connectivity index (χ1) is 12.6. The molecule has 10 nitrogen and oxygen atoms in total. The quantitative estimate of drug-likeness (QED) is 0.497. The SMILES string of the molecule is Nc1nc(Oc2ccccc2)nc2c1ncn2[C@@H]1O[C@H](CO)C(O)C1O. The highest BCUT2D eigenvalue weighted by Gasteiger charge is 2.44. The van der Waals surface area contributed by atoms with E-state index in [9.17, 15) is 15.3 Å². The molecule has 2 aromatic heterocycles. The number of benzene rings is 1. The molecule has 3 aromatic rings. The van der Waals surface area contributed by atoms with Crippen molar-refractivity contribution in [2.45, 2.75) is 24.5 Å². The van der Waals surface area contributed by atoms with E-state index in [2.05, 4.69) is 15.0 Å². The Labute approximate surface area is 147 Å². The van der Waals surface area contributed by atoms with Gasteiger partial charge >= 0.3 is 6.01 Å². The fraction of sp³-hybridized carbons (Fsp3) is 0.312. The zero-order valence-electron chi connectivity index (χ0n) is 13.5. The number of nitrogens with zero attached hydrogens (tertiary/aromatic N) is 4. The number of imidazole rings is 1. The third kappa shape index (κ3) is 2.74. The van der Waals surface area contributed by atoms with E-state index in [1.165, 1.54) is 10.9 Å². The third-order valence-electron chi connectivity index (χ3n) is 4.17. The third-order valence-corrected chi connectivity index (χ3v) is 4.17. The number of nitrogen functional groups attached to an aromatic ring is 1. The van der Waals surface area contributed by atoms with Crippen molar-refractivity contribution in [1.29, 1.82) is 0 Å². The Balaban J connectivity index is 1.73. The van der Waals surface area contributed by atoms with Gasteiger partial charge in [-0.2, -0.15) is 9.97 Å². The maximum Gasteiger partial charge on any atom is 0.326 e. The van der Waals surface area contributed by atoms with Crippen molar-refractivity contribution in [3.8, 4) is 11.8 Å². The Bertz CT molecular complexity index is 918. The van der Waals surface area contributed by atoms with Crippen molar-refractivity contribution in [1.82, 2.24) is 19.5 Å². The Morgan fingerprint density at radius 1 is 1.15 bits per heavy atom. The van der Waals surface area contributed by atoms with E-state index < -0.39 is 31.1 Å². The van der Waals surface area contributed by atoms with Crippen molar-refractivity contribution < 1.29 is 24.8 Å². The van der Waals surface area contributed by atoms with Crippen LogP contribution >= 0.6 is 0 Å². The van der Waals surface area contributed by atoms with Crippen LogP contribution in [-0.4, -0.2) is 59.8 Å². The van der Waals surface area contributed by atoms with E-state index in [1.54, 1.807) is 24.3 Å². The van der Waals surface area contributed by atoms with E-state index in [4.69, 9.17) is 15.2 Å². The molecular formula is C16H17N5O5. The number of aliphatic hydroxyl groups is 3. The molecule has 0 bridgehead atoms. The van der Waals surface area contributed by atoms with Crippen LogP contribution in [0, 0.1) is 0 Å². The van der Waals surface area contributed by atoms with E-state index in [1.807, 2.05) is 6.07 Å². The van der Waals surface area contributed by atoms with E-state index in [-0.39, 0.29) is 17.5 Å². The van der Waals surface area contributed by atoms with Crippen LogP contribution in [0.5, 0.6) is 11.8 Å². The second-order valence-corrected chi connectivity index (χ2v) is 5.86. The fourth-order valence-electron chi connectivity index (χ4n) is 2.85. The zero-order chi connectivity index (χ0) is 18.3. The predicted molar refractivity (Wildman–Crippen MR) is 89.3 cm³/mol. The summed E-state index contributed by atoms with van der Waals surface area (Å²) in [6, 6.07) is 8.96. The molecule has 1 fully saturated rings. The van der Waals surface area contributed by atoms with Crippen LogP contribution in [0.2, 0.25) is 0 Å². The van der Waals surface area contributed by atoms with Crippen LogP contribution in [-0.2, 0) is 4.74 Å². The molecular weight excluding hydrogens is 342 g/mol. The minimum atomic E-state index is -1.26. The van der Waals surface area contributed by atoms with Gasteiger partial charge in [0.05, 0.1) is 12.9 Å². The normalized spacial score (nSPS) is 25.7. The molecule has 0 spiro atoms. The highest BCUT2D eigenvalue weighted by atomic mass is 16.6. The molecule has 1 aromatic carbocycles. The van der Waals surface area contributed by atoms with Gasteiger partial charge in [-0.25, -0.2) is 4.98 Å². The van der Waals surface area contributed by atoms with Crippen LogP contribution in [0.1, 0.15) is 6.23 Å². The van der Waals surface area contributed by atoms with Gasteiger partial charge in [0.1, 0.15) is 24.1 Å². The summed E-state index contributed by atoms with van der Waals surface area (Å²) in [7, 11) is 0. The summed E-state index contributed by atoms with van der Waals surface area (Å²) in [5.74, 6) is 0.636. The number of fused-ring (bicyclic) bond motifs is 1. The van der Waals surface area contributed by atoms with E-state index >= 15 is 0 Å². The summed E-state index contributed by atoms with van der Waals surface area (Å²) in [6.45, 7) is -0.430. The van der Waals surface area contributed by atoms with Crippen molar-refractivity contribution in [3.63, 3.8) is 0 Å². The molecule has 4 rings (SSSR count). The lowest BCUT2D eigenvalue weighted by Gasteiger charge is -2.16. The zero-order valence-corrected chi connectivity index (χ0v) is 13.5. The van der Waals surface area contributed by atoms with Crippen LogP contribution in [0.25, 0.3) is 11.2 Å². The fourth-order valence-corrected chi connectivity index (χ4v) is 2.85. The molecule has 3 heterocycles. The number of ether oxygens (including phenoxy) is 2. The van der Waals surface area contributed by atoms with Crippen molar-refractivity contribution in [3.05, 3.63) is 36.7 Å². The molecule has 0 aliphatic carbocycles. The summed E-state index contributed by atoms with van der Waals surface area (Å²) in [6.07, 6.45) is -3.01. The van der Waals surface area contributed by atoms with Gasteiger partial charge in [0.25, 0.3) is 0 Å². The number of hydrogen-bond acceptors (Lipinski definition) is 9. The number of aromatic nitrogens is 4. The van der Waals surface area contributed by atoms with E-state index in [0.29, 0.717) is 11.3 Å². The number of aliphatic hydroxyl groups excluding tert-OH is 3. The van der Waals surface area contributed by atoms with Crippen LogP contribution < -0.4 is 10.5 Å². The molecule has 0 saturated carbocycles. The topological polar surface area (TPSA) is 149 Å². The monoisotopic (exact) mass is 359 g/mol. The second-order valence-electron chi connectivity index (χ2n) is 5.86. The number of para-hydroxylation sites is 1. The molecule has 1 aliphatic rings. The lowest BCUT2D eigenvalue weighted by molar-refractivity contribution is -0.0511. The summed E-state index contributed by atoms with van der Waals surface area (Å²) >= 11 is 0. The average Bonchev–Trinajstić information content (AvgIpc) is 3.18. The minimum absolute atomic E-state index is 0.00898. The smallest absolute Gasteiger partial charge is 0.326 e. The molecule has 1 aliphatic heterocycles. The second kappa shape index (κ2) is 6.50. The molecule has 10 heteroatoms. The largest absolute Gasteiger partial charge is 0.424 e. The molecule has 136 valence electrons. The first kappa shape index (κ1) is 16.7. The minimum Gasteiger partial charge on any atom is -0.424 e. The van der Waals surface area contributed by atoms with Crippen LogP contribution in [0.4, 0.5) is 5.82 Å². The Kier molecular flexibility index (Phi) is 4.17. The van der Waals surface area contributed by atoms with E-state index in [0.717, 1.165) is 0 Å². The molecule has 26 heavy (non-hydrogen) atoms. The van der Waals surface area contributed by atoms with Gasteiger partial charge in [-0.1, -0.05) is 18.2 Å². The Morgan fingerprint density at radius 2 is 1.92 bits per heavy atom. The van der Waals surface area contributed by atoms with Crippen molar-refractivity contribution >= 4 is 17.0 Å². The maximum absolute atomic E-state index is 10.2. The Hall–Kier alpha value is -2.79. The molecule has 4 atom stereocenters. The molecule has 2 unspecified atom stereocenters. The number of rotatable bonds is 4. The average molecular weight is 359 g/mol. The van der Waals surface area contributed by atoms with Crippen LogP contribution in [0.15, 0.2) is 36.7 Å². The van der Waals surface area contributed by atoms with Gasteiger partial charge < -0.3 is 30.5 Å². The molecule has 1 saturated heterocycles. The first-order valence-electron chi connectivity index (χ1n) is 7.94. The van der Waals surface area contributed by atoms with Crippen LogP contribution in [0.3, 0.4) is 0 Å². The summed E-state index contributed by atoms with van der Waals surface area (Å²) in [5, 5.41) is 29.4. The first-order valence-corrected chi connectivity index (χ1v) is 7.94. The highest BCUT2D eigenvalue weighted by Crippen LogP contribution is 2.32. The lowest BCUT2D eigenvalue weighted by atomic mass is 10.1. The van der Waals surface area contributed by atoms with Gasteiger partial charge in [-0.3, -0.25) is 4.57 Å². The van der Waals surface area contributed by atoms with Gasteiger partial charge in [0.2, 0.25) is 0 Å². The Morgan fingerprint density at radius 3 is 2.62 bits per heavy atom. The van der Waals surface area contributed by atoms with Gasteiger partial charge in [0.15, 0.2) is 23.2 Å². The predicted octanol–water partition coefficient (Wildman–Crippen LogP) is -0.188. The van der Waals surface area contributed by atoms with Gasteiger partial charge in [-0.15, -0.1) is 0 Å². The molecule has 0 radical (unpaired) electrons. The summed E-state index contributed by atoms with van der Waals surface area (Å²) < 4.78 is 12.6. The molecule has 5 N–H and O–H groups in total. The number of hydrogen-bond donors (Lipinski definition) is 4. The van der Waals surface area contributed by atoms with Crippen molar-refractivity contribution in [2.75, 3.05) is 12.3 Å². The highest BCUT2D eigenvalue weighted by molar-refractivity contribution is 5.82. The number of anilines is 1. The van der Waals surface area contributed by atoms with Crippen molar-refractivity contribution in [2.24, 2.45) is 0 Å². The maximum atomic E-state index is 10.2. The van der Waals surface area contributed by atoms with Gasteiger partial charge in [0, 0.05) is 0 Å².